The first kappa shape index (κ1) is 14.1. The Morgan fingerprint density at radius 3 is 2.77 bits per heavy atom. The minimum absolute atomic E-state index is 0.0373. The van der Waals surface area contributed by atoms with Crippen LogP contribution in [-0.4, -0.2) is 35.7 Å². The molecule has 4 heteroatoms. The maximum absolute atomic E-state index is 12.6. The Morgan fingerprint density at radius 1 is 1.32 bits per heavy atom. The van der Waals surface area contributed by atoms with E-state index in [0.717, 1.165) is 13.1 Å². The first-order chi connectivity index (χ1) is 10.7. The minimum atomic E-state index is -0.150. The first-order valence-electron chi connectivity index (χ1n) is 8.45. The van der Waals surface area contributed by atoms with Crippen molar-refractivity contribution >= 4 is 6.09 Å². The van der Waals surface area contributed by atoms with Crippen LogP contribution in [0.5, 0.6) is 0 Å². The number of piperidine rings is 1. The first-order valence-corrected chi connectivity index (χ1v) is 8.45. The molecule has 2 heterocycles. The average molecular weight is 300 g/mol. The molecule has 1 aromatic rings. The predicted molar refractivity (Wildman–Crippen MR) is 84.4 cm³/mol. The molecule has 1 amide bonds. The lowest BCUT2D eigenvalue weighted by Crippen LogP contribution is -2.68. The number of nitrogens with zero attached hydrogens (tertiary/aromatic N) is 1. The maximum Gasteiger partial charge on any atom is 0.411 e. The van der Waals surface area contributed by atoms with Crippen molar-refractivity contribution in [1.82, 2.24) is 10.2 Å². The highest BCUT2D eigenvalue weighted by Crippen LogP contribution is 2.49. The van der Waals surface area contributed by atoms with Crippen LogP contribution in [0.1, 0.15) is 31.7 Å². The highest BCUT2D eigenvalue weighted by atomic mass is 16.6. The molecule has 118 valence electrons. The number of benzene rings is 1. The molecule has 0 aromatic heterocycles. The van der Waals surface area contributed by atoms with Crippen LogP contribution in [0.25, 0.3) is 0 Å². The maximum atomic E-state index is 12.6. The summed E-state index contributed by atoms with van der Waals surface area (Å²) in [5, 5.41) is 3.56. The summed E-state index contributed by atoms with van der Waals surface area (Å²) in [6, 6.07) is 10.3. The Bertz CT molecular complexity index is 557. The molecule has 22 heavy (non-hydrogen) atoms. The Morgan fingerprint density at radius 2 is 2.09 bits per heavy atom. The van der Waals surface area contributed by atoms with Crippen molar-refractivity contribution in [2.75, 3.05) is 13.1 Å². The van der Waals surface area contributed by atoms with E-state index in [-0.39, 0.29) is 17.7 Å². The molecule has 3 aliphatic rings. The highest BCUT2D eigenvalue weighted by Gasteiger charge is 2.62. The third-order valence-corrected chi connectivity index (χ3v) is 5.83. The largest absolute Gasteiger partial charge is 0.443 e. The van der Waals surface area contributed by atoms with Crippen LogP contribution in [0, 0.1) is 11.8 Å². The molecular formula is C18H24N2O2. The van der Waals surface area contributed by atoms with Crippen LogP contribution >= 0.6 is 0 Å². The Balaban J connectivity index is 1.69. The van der Waals surface area contributed by atoms with Crippen LogP contribution in [0.4, 0.5) is 4.79 Å². The summed E-state index contributed by atoms with van der Waals surface area (Å²) in [5.74, 6) is 0.946. The summed E-state index contributed by atoms with van der Waals surface area (Å²) in [6.45, 7) is 4.65. The summed E-state index contributed by atoms with van der Waals surface area (Å²) in [6.07, 6.45) is 3.62. The lowest BCUT2D eigenvalue weighted by molar-refractivity contribution is -0.0386. The number of carbonyl (C=O) groups is 1. The molecular weight excluding hydrogens is 276 g/mol. The van der Waals surface area contributed by atoms with Gasteiger partial charge in [0.2, 0.25) is 0 Å². The van der Waals surface area contributed by atoms with Crippen molar-refractivity contribution in [2.24, 2.45) is 11.8 Å². The lowest BCUT2D eigenvalue weighted by atomic mass is 9.64. The highest BCUT2D eigenvalue weighted by molar-refractivity contribution is 5.72. The number of ether oxygens (including phenoxy) is 1. The molecule has 0 unspecified atom stereocenters. The fourth-order valence-electron chi connectivity index (χ4n) is 4.49. The second-order valence-corrected chi connectivity index (χ2v) is 7.10. The van der Waals surface area contributed by atoms with E-state index < -0.39 is 0 Å². The average Bonchev–Trinajstić information content (AvgIpc) is 2.74. The van der Waals surface area contributed by atoms with Gasteiger partial charge in [-0.25, -0.2) is 4.79 Å². The second-order valence-electron chi connectivity index (χ2n) is 7.10. The zero-order chi connectivity index (χ0) is 15.2. The number of fused-ring (bicyclic) bond motifs is 1. The minimum Gasteiger partial charge on any atom is -0.443 e. The molecule has 4 rings (SSSR count). The number of hydrogen-bond donors (Lipinski definition) is 1. The van der Waals surface area contributed by atoms with E-state index in [1.807, 2.05) is 23.1 Å². The molecule has 0 radical (unpaired) electrons. The van der Waals surface area contributed by atoms with Crippen LogP contribution in [-0.2, 0) is 11.3 Å². The van der Waals surface area contributed by atoms with Gasteiger partial charge >= 0.3 is 6.09 Å². The van der Waals surface area contributed by atoms with E-state index in [1.165, 1.54) is 24.8 Å². The molecule has 3 atom stereocenters. The van der Waals surface area contributed by atoms with Crippen LogP contribution in [0.2, 0.25) is 0 Å². The zero-order valence-corrected chi connectivity index (χ0v) is 13.1. The van der Waals surface area contributed by atoms with Crippen LogP contribution in [0.15, 0.2) is 30.3 Å². The normalized spacial score (nSPS) is 35.0. The van der Waals surface area contributed by atoms with E-state index in [2.05, 4.69) is 24.4 Å². The van der Waals surface area contributed by atoms with E-state index in [1.54, 1.807) is 0 Å². The number of hydrogen-bond acceptors (Lipinski definition) is 3. The SMILES string of the molecule is C[C@@H]1CNC[C@@]2(C3CCC3)[C@@H]1OC(=O)N2Cc1ccccc1. The molecule has 1 aromatic carbocycles. The van der Waals surface area contributed by atoms with Gasteiger partial charge in [-0.2, -0.15) is 0 Å². The van der Waals surface area contributed by atoms with E-state index >= 15 is 0 Å². The quantitative estimate of drug-likeness (QED) is 0.933. The molecule has 2 saturated heterocycles. The van der Waals surface area contributed by atoms with Gasteiger partial charge in [-0.05, 0) is 24.3 Å². The summed E-state index contributed by atoms with van der Waals surface area (Å²) in [4.78, 5) is 14.6. The van der Waals surface area contributed by atoms with Gasteiger partial charge in [0, 0.05) is 25.6 Å². The molecule has 0 spiro atoms. The lowest BCUT2D eigenvalue weighted by Gasteiger charge is -2.52. The molecule has 1 saturated carbocycles. The van der Waals surface area contributed by atoms with Gasteiger partial charge in [0.25, 0.3) is 0 Å². The number of carbonyl (C=O) groups excluding carboxylic acids is 1. The van der Waals surface area contributed by atoms with Crippen LogP contribution in [0.3, 0.4) is 0 Å². The molecule has 1 N–H and O–H groups in total. The van der Waals surface area contributed by atoms with E-state index in [0.29, 0.717) is 18.4 Å². The van der Waals surface area contributed by atoms with Crippen molar-refractivity contribution in [3.8, 4) is 0 Å². The van der Waals surface area contributed by atoms with Gasteiger partial charge in [-0.15, -0.1) is 0 Å². The van der Waals surface area contributed by atoms with Crippen molar-refractivity contribution < 1.29 is 9.53 Å². The van der Waals surface area contributed by atoms with Gasteiger partial charge < -0.3 is 10.1 Å². The molecule has 2 aliphatic heterocycles. The Labute approximate surface area is 131 Å². The van der Waals surface area contributed by atoms with Gasteiger partial charge in [0.1, 0.15) is 6.10 Å². The third kappa shape index (κ3) is 1.97. The fraction of sp³-hybridized carbons (Fsp3) is 0.611. The van der Waals surface area contributed by atoms with Gasteiger partial charge in [-0.1, -0.05) is 43.7 Å². The number of rotatable bonds is 3. The summed E-state index contributed by atoms with van der Waals surface area (Å²) >= 11 is 0. The van der Waals surface area contributed by atoms with Crippen LogP contribution < -0.4 is 5.32 Å². The van der Waals surface area contributed by atoms with Crippen molar-refractivity contribution in [2.45, 2.75) is 44.4 Å². The van der Waals surface area contributed by atoms with Gasteiger partial charge in [0.15, 0.2) is 0 Å². The van der Waals surface area contributed by atoms with E-state index in [4.69, 9.17) is 4.74 Å². The van der Waals surface area contributed by atoms with E-state index in [9.17, 15) is 4.79 Å². The standard InChI is InChI=1S/C18H24N2O2/c1-13-10-19-12-18(15-8-5-9-15)16(13)22-17(21)20(18)11-14-6-3-2-4-7-14/h2-4,6-7,13,15-16,19H,5,8-12H2,1H3/t13-,16-,18-/m1/s1. The predicted octanol–water partition coefficient (Wildman–Crippen LogP) is 2.79. The third-order valence-electron chi connectivity index (χ3n) is 5.83. The number of nitrogens with one attached hydrogen (secondary N) is 1. The summed E-state index contributed by atoms with van der Waals surface area (Å²) in [5.41, 5.74) is 1.03. The monoisotopic (exact) mass is 300 g/mol. The molecule has 0 bridgehead atoms. The zero-order valence-electron chi connectivity index (χ0n) is 13.1. The smallest absolute Gasteiger partial charge is 0.411 e. The summed E-state index contributed by atoms with van der Waals surface area (Å²) < 4.78 is 5.87. The molecule has 1 aliphatic carbocycles. The number of amides is 1. The fourth-order valence-corrected chi connectivity index (χ4v) is 4.49. The Hall–Kier alpha value is -1.55. The van der Waals surface area contributed by atoms with Crippen molar-refractivity contribution in [3.05, 3.63) is 35.9 Å². The molecule has 3 fully saturated rings. The topological polar surface area (TPSA) is 41.6 Å². The van der Waals surface area contributed by atoms with Crippen molar-refractivity contribution in [1.29, 1.82) is 0 Å². The second kappa shape index (κ2) is 5.27. The van der Waals surface area contributed by atoms with Gasteiger partial charge in [-0.3, -0.25) is 4.90 Å². The molecule has 4 nitrogen and oxygen atoms in total. The summed E-state index contributed by atoms with van der Waals surface area (Å²) in [7, 11) is 0. The van der Waals surface area contributed by atoms with Gasteiger partial charge in [0.05, 0.1) is 5.54 Å². The Kier molecular flexibility index (Phi) is 3.37. The van der Waals surface area contributed by atoms with Crippen molar-refractivity contribution in [3.63, 3.8) is 0 Å².